The van der Waals surface area contributed by atoms with Gasteiger partial charge in [-0.15, -0.1) is 0 Å². The van der Waals surface area contributed by atoms with E-state index in [1.165, 1.54) is 0 Å². The highest BCUT2D eigenvalue weighted by Crippen LogP contribution is 2.19. The normalized spacial score (nSPS) is 12.2. The van der Waals surface area contributed by atoms with Crippen LogP contribution in [-0.2, 0) is 6.54 Å². The molecule has 0 aromatic carbocycles. The zero-order valence-corrected chi connectivity index (χ0v) is 13.2. The third-order valence-electron chi connectivity index (χ3n) is 3.05. The molecule has 4 nitrogen and oxygen atoms in total. The lowest BCUT2D eigenvalue weighted by Gasteiger charge is -2.21. The van der Waals surface area contributed by atoms with Gasteiger partial charge in [-0.25, -0.2) is 4.98 Å². The standard InChI is InChI=1S/C15H23ClN4/c1-4-8-18-15-7-6-13(16)14(19-15)11-20(5-2)10-12(3)9-17/h6-7,12H,4-5,8,10-11H2,1-3H3,(H,18,19). The topological polar surface area (TPSA) is 52.0 Å². The van der Waals surface area contributed by atoms with Gasteiger partial charge in [-0.3, -0.25) is 4.90 Å². The number of nitrogens with one attached hydrogen (secondary N) is 1. The summed E-state index contributed by atoms with van der Waals surface area (Å²) in [6.07, 6.45) is 1.06. The lowest BCUT2D eigenvalue weighted by Crippen LogP contribution is -2.28. The summed E-state index contributed by atoms with van der Waals surface area (Å²) in [6, 6.07) is 6.04. The van der Waals surface area contributed by atoms with Crippen molar-refractivity contribution in [1.82, 2.24) is 9.88 Å². The van der Waals surface area contributed by atoms with Crippen molar-refractivity contribution < 1.29 is 0 Å². The summed E-state index contributed by atoms with van der Waals surface area (Å²) in [5, 5.41) is 12.9. The molecule has 0 amide bonds. The second-order valence-corrected chi connectivity index (χ2v) is 5.32. The number of halogens is 1. The molecule has 0 saturated heterocycles. The van der Waals surface area contributed by atoms with E-state index >= 15 is 0 Å². The summed E-state index contributed by atoms with van der Waals surface area (Å²) in [5.41, 5.74) is 0.861. The molecule has 0 fully saturated rings. The van der Waals surface area contributed by atoms with E-state index < -0.39 is 0 Å². The summed E-state index contributed by atoms with van der Waals surface area (Å²) in [5.74, 6) is 0.866. The summed E-state index contributed by atoms with van der Waals surface area (Å²) >= 11 is 6.22. The van der Waals surface area contributed by atoms with Crippen molar-refractivity contribution in [2.24, 2.45) is 5.92 Å². The number of hydrogen-bond acceptors (Lipinski definition) is 4. The molecule has 0 aliphatic heterocycles. The highest BCUT2D eigenvalue weighted by atomic mass is 35.5. The van der Waals surface area contributed by atoms with E-state index in [-0.39, 0.29) is 5.92 Å². The average molecular weight is 295 g/mol. The SMILES string of the molecule is CCCNc1ccc(Cl)c(CN(CC)CC(C)C#N)n1. The van der Waals surface area contributed by atoms with Crippen LogP contribution in [0.3, 0.4) is 0 Å². The molecule has 1 aromatic rings. The molecular weight excluding hydrogens is 272 g/mol. The van der Waals surface area contributed by atoms with Gasteiger partial charge in [0.2, 0.25) is 0 Å². The van der Waals surface area contributed by atoms with Crippen molar-refractivity contribution in [3.8, 4) is 6.07 Å². The quantitative estimate of drug-likeness (QED) is 0.797. The van der Waals surface area contributed by atoms with Gasteiger partial charge < -0.3 is 5.32 Å². The van der Waals surface area contributed by atoms with Gasteiger partial charge >= 0.3 is 0 Å². The summed E-state index contributed by atoms with van der Waals surface area (Å²) in [4.78, 5) is 6.75. The predicted octanol–water partition coefficient (Wildman–Crippen LogP) is 3.54. The summed E-state index contributed by atoms with van der Waals surface area (Å²) in [7, 11) is 0. The number of anilines is 1. The van der Waals surface area contributed by atoms with E-state index in [0.29, 0.717) is 11.6 Å². The minimum Gasteiger partial charge on any atom is -0.370 e. The molecule has 1 aromatic heterocycles. The fourth-order valence-corrected chi connectivity index (χ4v) is 2.06. The number of pyridine rings is 1. The molecule has 1 heterocycles. The highest BCUT2D eigenvalue weighted by Gasteiger charge is 2.12. The van der Waals surface area contributed by atoms with Crippen LogP contribution in [0.2, 0.25) is 5.02 Å². The predicted molar refractivity (Wildman–Crippen MR) is 83.8 cm³/mol. The van der Waals surface area contributed by atoms with Crippen LogP contribution < -0.4 is 5.32 Å². The monoisotopic (exact) mass is 294 g/mol. The highest BCUT2D eigenvalue weighted by molar-refractivity contribution is 6.31. The van der Waals surface area contributed by atoms with E-state index in [4.69, 9.17) is 16.9 Å². The van der Waals surface area contributed by atoms with Crippen molar-refractivity contribution in [3.63, 3.8) is 0 Å². The van der Waals surface area contributed by atoms with Crippen LogP contribution in [0.1, 0.15) is 32.9 Å². The third-order valence-corrected chi connectivity index (χ3v) is 3.39. The van der Waals surface area contributed by atoms with Crippen molar-refractivity contribution in [2.45, 2.75) is 33.7 Å². The Hall–Kier alpha value is -1.31. The van der Waals surface area contributed by atoms with Crippen LogP contribution in [0.15, 0.2) is 12.1 Å². The Morgan fingerprint density at radius 2 is 2.20 bits per heavy atom. The molecule has 0 radical (unpaired) electrons. The molecular formula is C15H23ClN4. The first-order chi connectivity index (χ1) is 9.60. The molecule has 1 atom stereocenters. The van der Waals surface area contributed by atoms with Gasteiger partial charge in [-0.1, -0.05) is 25.4 Å². The summed E-state index contributed by atoms with van der Waals surface area (Å²) < 4.78 is 0. The Morgan fingerprint density at radius 3 is 2.80 bits per heavy atom. The molecule has 1 N–H and O–H groups in total. The van der Waals surface area contributed by atoms with Crippen molar-refractivity contribution in [2.75, 3.05) is 25.0 Å². The Labute approximate surface area is 126 Å². The Kier molecular flexibility index (Phi) is 7.35. The minimum atomic E-state index is 0.00937. The molecule has 20 heavy (non-hydrogen) atoms. The number of rotatable bonds is 8. The molecule has 1 rings (SSSR count). The molecule has 0 aliphatic carbocycles. The Bertz CT molecular complexity index is 456. The maximum atomic E-state index is 8.91. The average Bonchev–Trinajstić information content (AvgIpc) is 2.46. The fourth-order valence-electron chi connectivity index (χ4n) is 1.89. The Balaban J connectivity index is 2.75. The Morgan fingerprint density at radius 1 is 1.45 bits per heavy atom. The number of nitrogens with zero attached hydrogens (tertiary/aromatic N) is 3. The van der Waals surface area contributed by atoms with Crippen LogP contribution in [-0.4, -0.2) is 29.5 Å². The van der Waals surface area contributed by atoms with Gasteiger partial charge in [0.1, 0.15) is 5.82 Å². The molecule has 0 spiro atoms. The second-order valence-electron chi connectivity index (χ2n) is 4.91. The van der Waals surface area contributed by atoms with Gasteiger partial charge in [-0.05, 0) is 32.0 Å². The van der Waals surface area contributed by atoms with Gasteiger partial charge in [0.25, 0.3) is 0 Å². The largest absolute Gasteiger partial charge is 0.370 e. The van der Waals surface area contributed by atoms with Crippen molar-refractivity contribution in [3.05, 3.63) is 22.8 Å². The first kappa shape index (κ1) is 16.7. The molecule has 1 unspecified atom stereocenters. The lowest BCUT2D eigenvalue weighted by molar-refractivity contribution is 0.257. The second kappa shape index (κ2) is 8.78. The first-order valence-corrected chi connectivity index (χ1v) is 7.49. The van der Waals surface area contributed by atoms with Gasteiger partial charge in [-0.2, -0.15) is 5.26 Å². The number of aromatic nitrogens is 1. The third kappa shape index (κ3) is 5.36. The van der Waals surface area contributed by atoms with Crippen molar-refractivity contribution >= 4 is 17.4 Å². The van der Waals surface area contributed by atoms with Crippen LogP contribution in [0.5, 0.6) is 0 Å². The maximum absolute atomic E-state index is 8.91. The van der Waals surface area contributed by atoms with Crippen LogP contribution >= 0.6 is 11.6 Å². The smallest absolute Gasteiger partial charge is 0.126 e. The van der Waals surface area contributed by atoms with Crippen LogP contribution in [0.4, 0.5) is 5.82 Å². The fraction of sp³-hybridized carbons (Fsp3) is 0.600. The van der Waals surface area contributed by atoms with Gasteiger partial charge in [0.05, 0.1) is 22.7 Å². The lowest BCUT2D eigenvalue weighted by atomic mass is 10.2. The molecule has 110 valence electrons. The zero-order chi connectivity index (χ0) is 15.0. The maximum Gasteiger partial charge on any atom is 0.126 e. The molecule has 0 bridgehead atoms. The van der Waals surface area contributed by atoms with E-state index in [1.54, 1.807) is 0 Å². The molecule has 0 saturated carbocycles. The minimum absolute atomic E-state index is 0.00937. The van der Waals surface area contributed by atoms with Gasteiger partial charge in [0, 0.05) is 19.6 Å². The van der Waals surface area contributed by atoms with E-state index in [2.05, 4.69) is 35.1 Å². The number of nitriles is 1. The summed E-state index contributed by atoms with van der Waals surface area (Å²) in [6.45, 7) is 9.30. The molecule has 5 heteroatoms. The zero-order valence-electron chi connectivity index (χ0n) is 12.5. The van der Waals surface area contributed by atoms with E-state index in [0.717, 1.165) is 37.6 Å². The molecule has 0 aliphatic rings. The van der Waals surface area contributed by atoms with Crippen LogP contribution in [0.25, 0.3) is 0 Å². The van der Waals surface area contributed by atoms with Crippen LogP contribution in [0, 0.1) is 17.2 Å². The first-order valence-electron chi connectivity index (χ1n) is 7.11. The van der Waals surface area contributed by atoms with E-state index in [1.807, 2.05) is 19.1 Å². The van der Waals surface area contributed by atoms with Crippen molar-refractivity contribution in [1.29, 1.82) is 5.26 Å². The number of hydrogen-bond donors (Lipinski definition) is 1. The van der Waals surface area contributed by atoms with Gasteiger partial charge in [0.15, 0.2) is 0 Å². The van der Waals surface area contributed by atoms with E-state index in [9.17, 15) is 0 Å².